The van der Waals surface area contributed by atoms with E-state index in [-0.39, 0.29) is 0 Å². The molecule has 0 amide bonds. The van der Waals surface area contributed by atoms with Crippen LogP contribution < -0.4 is 0 Å². The lowest BCUT2D eigenvalue weighted by molar-refractivity contribution is 0.163. The molecule has 0 radical (unpaired) electrons. The van der Waals surface area contributed by atoms with Crippen molar-refractivity contribution in [3.05, 3.63) is 0 Å². The number of piperidine rings is 1. The van der Waals surface area contributed by atoms with Crippen LogP contribution in [0.15, 0.2) is 0 Å². The normalized spacial score (nSPS) is 28.6. The first kappa shape index (κ1) is 13.0. The molecule has 0 aliphatic carbocycles. The van der Waals surface area contributed by atoms with Gasteiger partial charge in [0.2, 0.25) is 0 Å². The Kier molecular flexibility index (Phi) is 6.26. The minimum absolute atomic E-state index is 0.889. The lowest BCUT2D eigenvalue weighted by Gasteiger charge is -2.32. The summed E-state index contributed by atoms with van der Waals surface area (Å²) in [5, 5.41) is 0. The monoisotopic (exact) mass is 212 g/mol. The van der Waals surface area contributed by atoms with Gasteiger partial charge in [0, 0.05) is 12.6 Å². The van der Waals surface area contributed by atoms with Crippen LogP contribution in [0.5, 0.6) is 0 Å². The summed E-state index contributed by atoms with van der Waals surface area (Å²) >= 11 is 0. The van der Waals surface area contributed by atoms with Gasteiger partial charge in [0.25, 0.3) is 0 Å². The molecule has 0 aromatic carbocycles. The Morgan fingerprint density at radius 1 is 1.00 bits per heavy atom. The van der Waals surface area contributed by atoms with Gasteiger partial charge < -0.3 is 4.90 Å². The average Bonchev–Trinajstić information content (AvgIpc) is 2.81. The molecule has 2 heterocycles. The van der Waals surface area contributed by atoms with E-state index in [4.69, 9.17) is 0 Å². The number of hydrogen-bond acceptors (Lipinski definition) is 2. The molecule has 0 bridgehead atoms. The maximum atomic E-state index is 2.72. The second-order valence-electron chi connectivity index (χ2n) is 4.43. The van der Waals surface area contributed by atoms with Gasteiger partial charge in [0.05, 0.1) is 0 Å². The molecule has 90 valence electrons. The van der Waals surface area contributed by atoms with Crippen molar-refractivity contribution in [3.63, 3.8) is 0 Å². The molecule has 2 aliphatic heterocycles. The summed E-state index contributed by atoms with van der Waals surface area (Å²) in [5.41, 5.74) is 0. The SMILES string of the molecule is CC.CCN1CCC(N2CCCCC2)C1. The van der Waals surface area contributed by atoms with E-state index in [1.165, 1.54) is 58.4 Å². The van der Waals surface area contributed by atoms with Crippen LogP contribution in [-0.4, -0.2) is 48.6 Å². The van der Waals surface area contributed by atoms with Crippen molar-refractivity contribution in [3.8, 4) is 0 Å². The van der Waals surface area contributed by atoms with Crippen molar-refractivity contribution in [2.24, 2.45) is 0 Å². The Hall–Kier alpha value is -0.0800. The van der Waals surface area contributed by atoms with Crippen LogP contribution >= 0.6 is 0 Å². The number of likely N-dealkylation sites (N-methyl/N-ethyl adjacent to an activating group) is 1. The minimum atomic E-state index is 0.889. The topological polar surface area (TPSA) is 6.48 Å². The van der Waals surface area contributed by atoms with Crippen LogP contribution in [0, 0.1) is 0 Å². The Bertz CT molecular complexity index is 153. The third-order valence-corrected chi connectivity index (χ3v) is 3.60. The summed E-state index contributed by atoms with van der Waals surface area (Å²) in [4.78, 5) is 5.30. The quantitative estimate of drug-likeness (QED) is 0.694. The van der Waals surface area contributed by atoms with Gasteiger partial charge in [0.15, 0.2) is 0 Å². The average molecular weight is 212 g/mol. The molecular formula is C13H28N2. The van der Waals surface area contributed by atoms with Gasteiger partial charge in [-0.3, -0.25) is 4.90 Å². The molecule has 2 aliphatic rings. The molecule has 2 saturated heterocycles. The van der Waals surface area contributed by atoms with Gasteiger partial charge in [-0.2, -0.15) is 0 Å². The van der Waals surface area contributed by atoms with Gasteiger partial charge >= 0.3 is 0 Å². The van der Waals surface area contributed by atoms with Gasteiger partial charge in [-0.1, -0.05) is 27.2 Å². The fraction of sp³-hybridized carbons (Fsp3) is 1.00. The standard InChI is InChI=1S/C11H22N2.C2H6/c1-2-12-9-6-11(10-12)13-7-4-3-5-8-13;1-2/h11H,2-10H2,1H3;1-2H3. The van der Waals surface area contributed by atoms with E-state index in [2.05, 4.69) is 16.7 Å². The van der Waals surface area contributed by atoms with Crippen molar-refractivity contribution in [1.82, 2.24) is 9.80 Å². The first-order chi connectivity index (χ1) is 7.40. The van der Waals surface area contributed by atoms with Crippen molar-refractivity contribution >= 4 is 0 Å². The Labute approximate surface area is 95.6 Å². The highest BCUT2D eigenvalue weighted by atomic mass is 15.2. The molecule has 1 atom stereocenters. The second-order valence-corrected chi connectivity index (χ2v) is 4.43. The second kappa shape index (κ2) is 7.24. The molecule has 0 spiro atoms. The van der Waals surface area contributed by atoms with E-state index in [0.29, 0.717) is 0 Å². The van der Waals surface area contributed by atoms with E-state index in [1.54, 1.807) is 0 Å². The van der Waals surface area contributed by atoms with Gasteiger partial charge in [-0.05, 0) is 45.4 Å². The minimum Gasteiger partial charge on any atom is -0.302 e. The predicted molar refractivity (Wildman–Crippen MR) is 67.3 cm³/mol. The van der Waals surface area contributed by atoms with E-state index >= 15 is 0 Å². The Morgan fingerprint density at radius 2 is 1.67 bits per heavy atom. The van der Waals surface area contributed by atoms with Crippen molar-refractivity contribution < 1.29 is 0 Å². The summed E-state index contributed by atoms with van der Waals surface area (Å²) < 4.78 is 0. The molecule has 1 unspecified atom stereocenters. The zero-order chi connectivity index (χ0) is 11.1. The van der Waals surface area contributed by atoms with E-state index in [0.717, 1.165) is 6.04 Å². The Balaban J connectivity index is 0.000000531. The summed E-state index contributed by atoms with van der Waals surface area (Å²) in [6.07, 6.45) is 5.74. The fourth-order valence-corrected chi connectivity index (χ4v) is 2.68. The summed E-state index contributed by atoms with van der Waals surface area (Å²) in [6, 6.07) is 0.889. The first-order valence-electron chi connectivity index (χ1n) is 6.86. The summed E-state index contributed by atoms with van der Waals surface area (Å²) in [6.45, 7) is 12.9. The molecule has 2 heteroatoms. The summed E-state index contributed by atoms with van der Waals surface area (Å²) in [5.74, 6) is 0. The molecule has 2 fully saturated rings. The third-order valence-electron chi connectivity index (χ3n) is 3.60. The number of nitrogens with zero attached hydrogens (tertiary/aromatic N) is 2. The molecule has 2 rings (SSSR count). The molecule has 0 aromatic rings. The van der Waals surface area contributed by atoms with Gasteiger partial charge in [0.1, 0.15) is 0 Å². The zero-order valence-electron chi connectivity index (χ0n) is 10.8. The van der Waals surface area contributed by atoms with Crippen LogP contribution in [0.3, 0.4) is 0 Å². The van der Waals surface area contributed by atoms with Crippen LogP contribution in [0.25, 0.3) is 0 Å². The van der Waals surface area contributed by atoms with Gasteiger partial charge in [-0.25, -0.2) is 0 Å². The largest absolute Gasteiger partial charge is 0.302 e. The Morgan fingerprint density at radius 3 is 2.20 bits per heavy atom. The molecule has 0 saturated carbocycles. The molecule has 0 aromatic heterocycles. The maximum Gasteiger partial charge on any atom is 0.0235 e. The highest BCUT2D eigenvalue weighted by Gasteiger charge is 2.27. The highest BCUT2D eigenvalue weighted by Crippen LogP contribution is 2.19. The maximum absolute atomic E-state index is 2.72. The fourth-order valence-electron chi connectivity index (χ4n) is 2.68. The first-order valence-corrected chi connectivity index (χ1v) is 6.86. The number of hydrogen-bond donors (Lipinski definition) is 0. The van der Waals surface area contributed by atoms with Crippen LogP contribution in [0.2, 0.25) is 0 Å². The molecular weight excluding hydrogens is 184 g/mol. The van der Waals surface area contributed by atoms with E-state index < -0.39 is 0 Å². The third kappa shape index (κ3) is 3.76. The van der Waals surface area contributed by atoms with Crippen molar-refractivity contribution in [1.29, 1.82) is 0 Å². The lowest BCUT2D eigenvalue weighted by Crippen LogP contribution is -2.40. The molecule has 15 heavy (non-hydrogen) atoms. The van der Waals surface area contributed by atoms with Gasteiger partial charge in [-0.15, -0.1) is 0 Å². The van der Waals surface area contributed by atoms with Crippen molar-refractivity contribution in [2.75, 3.05) is 32.7 Å². The van der Waals surface area contributed by atoms with Crippen molar-refractivity contribution in [2.45, 2.75) is 52.5 Å². The van der Waals surface area contributed by atoms with E-state index in [9.17, 15) is 0 Å². The molecule has 2 nitrogen and oxygen atoms in total. The smallest absolute Gasteiger partial charge is 0.0235 e. The number of likely N-dealkylation sites (tertiary alicyclic amines) is 2. The highest BCUT2D eigenvalue weighted by molar-refractivity contribution is 4.84. The lowest BCUT2D eigenvalue weighted by atomic mass is 10.1. The number of rotatable bonds is 2. The van der Waals surface area contributed by atoms with E-state index in [1.807, 2.05) is 13.8 Å². The summed E-state index contributed by atoms with van der Waals surface area (Å²) in [7, 11) is 0. The van der Waals surface area contributed by atoms with Crippen LogP contribution in [0.1, 0.15) is 46.5 Å². The molecule has 0 N–H and O–H groups in total. The van der Waals surface area contributed by atoms with Crippen LogP contribution in [0.4, 0.5) is 0 Å². The zero-order valence-corrected chi connectivity index (χ0v) is 10.8. The van der Waals surface area contributed by atoms with Crippen LogP contribution in [-0.2, 0) is 0 Å². The predicted octanol–water partition coefficient (Wildman–Crippen LogP) is 2.59.